The molecule has 4 aromatic rings. The zero-order valence-electron chi connectivity index (χ0n) is 19.6. The second-order valence-corrected chi connectivity index (χ2v) is 8.03. The maximum Gasteiger partial charge on any atom is 0.222 e. The number of ether oxygens (including phenoxy) is 1. The molecule has 0 saturated carbocycles. The number of aromatic nitrogens is 3. The second-order valence-electron chi connectivity index (χ2n) is 8.03. The highest BCUT2D eigenvalue weighted by molar-refractivity contribution is 5.79. The second kappa shape index (κ2) is 11.1. The van der Waals surface area contributed by atoms with E-state index in [0.29, 0.717) is 12.3 Å². The van der Waals surface area contributed by atoms with Crippen LogP contribution in [0.2, 0.25) is 0 Å². The summed E-state index contributed by atoms with van der Waals surface area (Å²) in [5, 5.41) is 10.6. The average molecular weight is 470 g/mol. The molecular formula is C27H27N5O3. The Bertz CT molecular complexity index is 1270. The third-order valence-electron chi connectivity index (χ3n) is 5.53. The molecule has 1 unspecified atom stereocenters. The monoisotopic (exact) mass is 469 g/mol. The summed E-state index contributed by atoms with van der Waals surface area (Å²) in [7, 11) is 1.59. The van der Waals surface area contributed by atoms with Gasteiger partial charge >= 0.3 is 0 Å². The topological polar surface area (TPSA) is 98.1 Å². The molecule has 4 rings (SSSR count). The first-order chi connectivity index (χ1) is 17.0. The summed E-state index contributed by atoms with van der Waals surface area (Å²) in [6.07, 6.45) is 5.45. The van der Waals surface area contributed by atoms with Crippen molar-refractivity contribution in [3.05, 3.63) is 96.4 Å². The zero-order valence-corrected chi connectivity index (χ0v) is 19.6. The molecule has 2 heterocycles. The van der Waals surface area contributed by atoms with Gasteiger partial charge in [0, 0.05) is 43.2 Å². The molecule has 0 aliphatic carbocycles. The number of hydrogen-bond donors (Lipinski definition) is 2. The van der Waals surface area contributed by atoms with Crippen LogP contribution in [0.5, 0.6) is 5.75 Å². The first-order valence-electron chi connectivity index (χ1n) is 11.3. The van der Waals surface area contributed by atoms with Crippen molar-refractivity contribution in [3.8, 4) is 22.7 Å². The van der Waals surface area contributed by atoms with Crippen molar-refractivity contribution in [2.45, 2.75) is 25.9 Å². The highest BCUT2D eigenvalue weighted by Gasteiger charge is 2.19. The molecule has 0 fully saturated rings. The van der Waals surface area contributed by atoms with Gasteiger partial charge in [0.15, 0.2) is 0 Å². The van der Waals surface area contributed by atoms with Crippen LogP contribution in [0.4, 0.5) is 0 Å². The van der Waals surface area contributed by atoms with Gasteiger partial charge in [0.05, 0.1) is 31.0 Å². The molecule has 178 valence electrons. The SMILES string of the molecule is COc1ccc(C(CC(=O)NCc2cn(-c3ccccc3)nc2-c2ccncc2)NC(C)=O)cc1. The molecule has 2 N–H and O–H groups in total. The Hall–Kier alpha value is -4.46. The minimum atomic E-state index is -0.454. The molecule has 35 heavy (non-hydrogen) atoms. The summed E-state index contributed by atoms with van der Waals surface area (Å²) < 4.78 is 7.00. The number of methoxy groups -OCH3 is 1. The maximum absolute atomic E-state index is 12.9. The van der Waals surface area contributed by atoms with Gasteiger partial charge in [-0.1, -0.05) is 30.3 Å². The Morgan fingerprint density at radius 3 is 2.37 bits per heavy atom. The van der Waals surface area contributed by atoms with Gasteiger partial charge in [-0.15, -0.1) is 0 Å². The standard InChI is InChI=1S/C27H27N5O3/c1-19(33)30-25(20-8-10-24(35-2)11-9-20)16-26(34)29-17-22-18-32(23-6-4-3-5-7-23)31-27(22)21-12-14-28-15-13-21/h3-15,18,25H,16-17H2,1-2H3,(H,29,34)(H,30,33). The Kier molecular flexibility index (Phi) is 7.52. The van der Waals surface area contributed by atoms with E-state index in [0.717, 1.165) is 28.1 Å². The maximum atomic E-state index is 12.9. The third kappa shape index (κ3) is 6.11. The van der Waals surface area contributed by atoms with Crippen LogP contribution in [0.3, 0.4) is 0 Å². The van der Waals surface area contributed by atoms with E-state index in [1.807, 2.05) is 60.8 Å². The highest BCUT2D eigenvalue weighted by atomic mass is 16.5. The van der Waals surface area contributed by atoms with Crippen molar-refractivity contribution in [3.63, 3.8) is 0 Å². The number of carbonyl (C=O) groups excluding carboxylic acids is 2. The summed E-state index contributed by atoms with van der Waals surface area (Å²) in [6.45, 7) is 1.73. The van der Waals surface area contributed by atoms with E-state index in [1.54, 1.807) is 36.3 Å². The van der Waals surface area contributed by atoms with Gasteiger partial charge < -0.3 is 15.4 Å². The van der Waals surface area contributed by atoms with E-state index in [4.69, 9.17) is 9.84 Å². The Labute approximate surface area is 204 Å². The lowest BCUT2D eigenvalue weighted by Gasteiger charge is -2.18. The molecule has 2 aromatic heterocycles. The Balaban J connectivity index is 1.51. The first-order valence-corrected chi connectivity index (χ1v) is 11.3. The molecule has 0 saturated heterocycles. The third-order valence-corrected chi connectivity index (χ3v) is 5.53. The normalized spacial score (nSPS) is 11.5. The Morgan fingerprint density at radius 1 is 1.00 bits per heavy atom. The van der Waals surface area contributed by atoms with Gasteiger partial charge in [0.25, 0.3) is 0 Å². The minimum Gasteiger partial charge on any atom is -0.497 e. The van der Waals surface area contributed by atoms with E-state index in [-0.39, 0.29) is 18.2 Å². The minimum absolute atomic E-state index is 0.101. The summed E-state index contributed by atoms with van der Waals surface area (Å²) >= 11 is 0. The van der Waals surface area contributed by atoms with Crippen LogP contribution in [-0.2, 0) is 16.1 Å². The van der Waals surface area contributed by atoms with Gasteiger partial charge in [0.2, 0.25) is 11.8 Å². The average Bonchev–Trinajstić information content (AvgIpc) is 3.32. The number of nitrogens with zero attached hydrogens (tertiary/aromatic N) is 3. The van der Waals surface area contributed by atoms with E-state index >= 15 is 0 Å². The van der Waals surface area contributed by atoms with E-state index in [9.17, 15) is 9.59 Å². The fourth-order valence-electron chi connectivity index (χ4n) is 3.79. The molecular weight excluding hydrogens is 442 g/mol. The van der Waals surface area contributed by atoms with Crippen molar-refractivity contribution >= 4 is 11.8 Å². The van der Waals surface area contributed by atoms with Crippen LogP contribution in [-0.4, -0.2) is 33.7 Å². The van der Waals surface area contributed by atoms with Crippen molar-refractivity contribution in [2.24, 2.45) is 0 Å². The molecule has 0 aliphatic heterocycles. The first kappa shape index (κ1) is 23.7. The van der Waals surface area contributed by atoms with Crippen LogP contribution in [0.25, 0.3) is 16.9 Å². The van der Waals surface area contributed by atoms with Gasteiger partial charge in [-0.05, 0) is 42.0 Å². The van der Waals surface area contributed by atoms with E-state index < -0.39 is 6.04 Å². The van der Waals surface area contributed by atoms with Gasteiger partial charge in [-0.3, -0.25) is 14.6 Å². The Morgan fingerprint density at radius 2 is 1.71 bits per heavy atom. The lowest BCUT2D eigenvalue weighted by atomic mass is 10.0. The number of hydrogen-bond acceptors (Lipinski definition) is 5. The fourth-order valence-corrected chi connectivity index (χ4v) is 3.79. The van der Waals surface area contributed by atoms with Crippen molar-refractivity contribution in [1.82, 2.24) is 25.4 Å². The lowest BCUT2D eigenvalue weighted by Crippen LogP contribution is -2.32. The molecule has 8 heteroatoms. The van der Waals surface area contributed by atoms with Crippen molar-refractivity contribution in [2.75, 3.05) is 7.11 Å². The fraction of sp³-hybridized carbons (Fsp3) is 0.185. The van der Waals surface area contributed by atoms with Crippen LogP contribution in [0.15, 0.2) is 85.3 Å². The van der Waals surface area contributed by atoms with E-state index in [1.165, 1.54) is 6.92 Å². The molecule has 8 nitrogen and oxygen atoms in total. The molecule has 0 bridgehead atoms. The van der Waals surface area contributed by atoms with Crippen LogP contribution in [0, 0.1) is 0 Å². The molecule has 0 spiro atoms. The van der Waals surface area contributed by atoms with Gasteiger partial charge in [-0.2, -0.15) is 5.10 Å². The number of pyridine rings is 1. The molecule has 1 atom stereocenters. The number of para-hydroxylation sites is 1. The summed E-state index contributed by atoms with van der Waals surface area (Å²) in [5.74, 6) is 0.314. The molecule has 0 aliphatic rings. The van der Waals surface area contributed by atoms with Crippen LogP contribution >= 0.6 is 0 Å². The van der Waals surface area contributed by atoms with E-state index in [2.05, 4.69) is 15.6 Å². The number of benzene rings is 2. The van der Waals surface area contributed by atoms with Crippen molar-refractivity contribution < 1.29 is 14.3 Å². The van der Waals surface area contributed by atoms with Gasteiger partial charge in [0.1, 0.15) is 5.75 Å². The predicted octanol–water partition coefficient (Wildman–Crippen LogP) is 3.83. The quantitative estimate of drug-likeness (QED) is 0.388. The smallest absolute Gasteiger partial charge is 0.222 e. The van der Waals surface area contributed by atoms with Crippen LogP contribution in [0.1, 0.15) is 30.5 Å². The summed E-state index contributed by atoms with van der Waals surface area (Å²) in [4.78, 5) is 28.8. The number of rotatable bonds is 9. The number of nitrogens with one attached hydrogen (secondary N) is 2. The zero-order chi connectivity index (χ0) is 24.6. The number of carbonyl (C=O) groups is 2. The largest absolute Gasteiger partial charge is 0.497 e. The summed E-state index contributed by atoms with van der Waals surface area (Å²) in [5.41, 5.74) is 4.29. The lowest BCUT2D eigenvalue weighted by molar-refractivity contribution is -0.122. The van der Waals surface area contributed by atoms with Gasteiger partial charge in [-0.25, -0.2) is 4.68 Å². The van der Waals surface area contributed by atoms with Crippen LogP contribution < -0.4 is 15.4 Å². The highest BCUT2D eigenvalue weighted by Crippen LogP contribution is 2.24. The summed E-state index contributed by atoms with van der Waals surface area (Å²) in [6, 6.07) is 20.4. The number of amides is 2. The molecule has 2 aromatic carbocycles. The molecule has 0 radical (unpaired) electrons. The predicted molar refractivity (Wildman–Crippen MR) is 133 cm³/mol. The van der Waals surface area contributed by atoms with Crippen molar-refractivity contribution in [1.29, 1.82) is 0 Å². The molecule has 2 amide bonds.